The molecule has 106 valence electrons. The lowest BCUT2D eigenvalue weighted by molar-refractivity contribution is 0.620. The van der Waals surface area contributed by atoms with Gasteiger partial charge in [0.05, 0.1) is 9.30 Å². The first-order chi connectivity index (χ1) is 9.47. The molecule has 0 aliphatic carbocycles. The highest BCUT2D eigenvalue weighted by Crippen LogP contribution is 2.33. The summed E-state index contributed by atoms with van der Waals surface area (Å²) in [6, 6.07) is 13.7. The molecular weight excluding hydrogens is 383 g/mol. The SMILES string of the molecule is CC(C)Cc1ccc(C(Br)c2ccc(F)c(Br)c2)cc1. The van der Waals surface area contributed by atoms with Gasteiger partial charge in [0.25, 0.3) is 0 Å². The van der Waals surface area contributed by atoms with Crippen LogP contribution in [0.15, 0.2) is 46.9 Å². The van der Waals surface area contributed by atoms with E-state index in [1.807, 2.05) is 12.1 Å². The van der Waals surface area contributed by atoms with Gasteiger partial charge in [0.1, 0.15) is 5.82 Å². The Morgan fingerprint density at radius 3 is 2.15 bits per heavy atom. The number of hydrogen-bond acceptors (Lipinski definition) is 0. The summed E-state index contributed by atoms with van der Waals surface area (Å²) in [6.07, 6.45) is 1.09. The van der Waals surface area contributed by atoms with Gasteiger partial charge in [0.2, 0.25) is 0 Å². The molecule has 3 heteroatoms. The van der Waals surface area contributed by atoms with Gasteiger partial charge in [-0.25, -0.2) is 4.39 Å². The van der Waals surface area contributed by atoms with Crippen LogP contribution in [0.2, 0.25) is 0 Å². The van der Waals surface area contributed by atoms with Crippen molar-refractivity contribution >= 4 is 31.9 Å². The quantitative estimate of drug-likeness (QED) is 0.531. The van der Waals surface area contributed by atoms with Crippen molar-refractivity contribution in [2.24, 2.45) is 5.92 Å². The summed E-state index contributed by atoms with van der Waals surface area (Å²) in [4.78, 5) is 0.0764. The average Bonchev–Trinajstić information content (AvgIpc) is 2.41. The molecule has 0 N–H and O–H groups in total. The Morgan fingerprint density at radius 1 is 1.00 bits per heavy atom. The minimum atomic E-state index is -0.235. The van der Waals surface area contributed by atoms with Gasteiger partial charge >= 0.3 is 0 Å². The van der Waals surface area contributed by atoms with Crippen LogP contribution in [-0.4, -0.2) is 0 Å². The van der Waals surface area contributed by atoms with Crippen LogP contribution < -0.4 is 0 Å². The first-order valence-electron chi connectivity index (χ1n) is 6.65. The molecule has 0 aliphatic heterocycles. The Kier molecular flexibility index (Phi) is 5.39. The van der Waals surface area contributed by atoms with E-state index in [2.05, 4.69) is 70.0 Å². The molecule has 0 spiro atoms. The lowest BCUT2D eigenvalue weighted by atomic mass is 9.99. The van der Waals surface area contributed by atoms with E-state index in [0.29, 0.717) is 10.4 Å². The maximum Gasteiger partial charge on any atom is 0.137 e. The molecule has 0 heterocycles. The first kappa shape index (κ1) is 15.7. The zero-order valence-electron chi connectivity index (χ0n) is 11.5. The third-order valence-electron chi connectivity index (χ3n) is 3.15. The second kappa shape index (κ2) is 6.86. The standard InChI is InChI=1S/C17H17Br2F/c1-11(2)9-12-3-5-13(6-4-12)17(19)14-7-8-16(20)15(18)10-14/h3-8,10-11,17H,9H2,1-2H3. The van der Waals surface area contributed by atoms with Gasteiger partial charge in [-0.2, -0.15) is 0 Å². The molecule has 0 radical (unpaired) electrons. The topological polar surface area (TPSA) is 0 Å². The van der Waals surface area contributed by atoms with Crippen LogP contribution in [0.5, 0.6) is 0 Å². The molecule has 0 aliphatic rings. The van der Waals surface area contributed by atoms with Crippen molar-refractivity contribution in [3.63, 3.8) is 0 Å². The first-order valence-corrected chi connectivity index (χ1v) is 8.36. The van der Waals surface area contributed by atoms with Gasteiger partial charge in [0.15, 0.2) is 0 Å². The maximum atomic E-state index is 13.3. The number of rotatable bonds is 4. The molecule has 2 rings (SSSR count). The molecule has 0 saturated heterocycles. The van der Waals surface area contributed by atoms with E-state index in [0.717, 1.165) is 12.0 Å². The summed E-state index contributed by atoms with van der Waals surface area (Å²) in [5.74, 6) is 0.425. The van der Waals surface area contributed by atoms with Gasteiger partial charge in [0, 0.05) is 0 Å². The summed E-state index contributed by atoms with van der Waals surface area (Å²) in [7, 11) is 0. The van der Waals surface area contributed by atoms with Crippen molar-refractivity contribution in [1.29, 1.82) is 0 Å². The molecule has 0 fully saturated rings. The molecular formula is C17H17Br2F. The Labute approximate surface area is 136 Å². The summed E-state index contributed by atoms with van der Waals surface area (Å²) >= 11 is 6.91. The van der Waals surface area contributed by atoms with E-state index in [1.165, 1.54) is 17.2 Å². The summed E-state index contributed by atoms with van der Waals surface area (Å²) in [6.45, 7) is 4.44. The fourth-order valence-electron chi connectivity index (χ4n) is 2.16. The van der Waals surface area contributed by atoms with Crippen LogP contribution in [0.1, 0.15) is 35.4 Å². The predicted octanol–water partition coefficient (Wildman–Crippen LogP) is 6.27. The summed E-state index contributed by atoms with van der Waals surface area (Å²) < 4.78 is 13.8. The van der Waals surface area contributed by atoms with E-state index in [-0.39, 0.29) is 10.6 Å². The van der Waals surface area contributed by atoms with E-state index >= 15 is 0 Å². The highest BCUT2D eigenvalue weighted by molar-refractivity contribution is 9.10. The fraction of sp³-hybridized carbons (Fsp3) is 0.294. The highest BCUT2D eigenvalue weighted by Gasteiger charge is 2.12. The lowest BCUT2D eigenvalue weighted by Gasteiger charge is -2.13. The number of hydrogen-bond donors (Lipinski definition) is 0. The predicted molar refractivity (Wildman–Crippen MR) is 89.9 cm³/mol. The normalized spacial score (nSPS) is 12.7. The maximum absolute atomic E-state index is 13.3. The van der Waals surface area contributed by atoms with Crippen molar-refractivity contribution in [2.45, 2.75) is 25.1 Å². The Morgan fingerprint density at radius 2 is 1.60 bits per heavy atom. The molecule has 2 aromatic rings. The summed E-state index contributed by atoms with van der Waals surface area (Å²) in [5.41, 5.74) is 3.56. The molecule has 0 aromatic heterocycles. The molecule has 1 unspecified atom stereocenters. The average molecular weight is 400 g/mol. The Bertz CT molecular complexity index is 576. The van der Waals surface area contributed by atoms with E-state index < -0.39 is 0 Å². The number of benzene rings is 2. The van der Waals surface area contributed by atoms with Crippen molar-refractivity contribution in [1.82, 2.24) is 0 Å². The minimum Gasteiger partial charge on any atom is -0.206 e. The molecule has 0 amide bonds. The second-order valence-corrected chi connectivity index (χ2v) is 7.15. The van der Waals surface area contributed by atoms with Gasteiger partial charge in [-0.05, 0) is 57.1 Å². The van der Waals surface area contributed by atoms with E-state index in [1.54, 1.807) is 0 Å². The molecule has 1 atom stereocenters. The van der Waals surface area contributed by atoms with Crippen LogP contribution in [0.25, 0.3) is 0 Å². The third kappa shape index (κ3) is 3.92. The smallest absolute Gasteiger partial charge is 0.137 e. The molecule has 2 aromatic carbocycles. The lowest BCUT2D eigenvalue weighted by Crippen LogP contribution is -1.97. The Balaban J connectivity index is 2.20. The van der Waals surface area contributed by atoms with Crippen molar-refractivity contribution in [3.05, 3.63) is 69.4 Å². The van der Waals surface area contributed by atoms with Crippen molar-refractivity contribution < 1.29 is 4.39 Å². The highest BCUT2D eigenvalue weighted by atomic mass is 79.9. The van der Waals surface area contributed by atoms with E-state index in [9.17, 15) is 4.39 Å². The fourth-order valence-corrected chi connectivity index (χ4v) is 3.14. The second-order valence-electron chi connectivity index (χ2n) is 5.38. The van der Waals surface area contributed by atoms with Crippen molar-refractivity contribution in [2.75, 3.05) is 0 Å². The van der Waals surface area contributed by atoms with Crippen molar-refractivity contribution in [3.8, 4) is 0 Å². The molecule has 20 heavy (non-hydrogen) atoms. The van der Waals surface area contributed by atoms with Gasteiger partial charge in [-0.3, -0.25) is 0 Å². The number of halogens is 3. The van der Waals surface area contributed by atoms with Gasteiger partial charge < -0.3 is 0 Å². The minimum absolute atomic E-state index is 0.0764. The van der Waals surface area contributed by atoms with Crippen LogP contribution >= 0.6 is 31.9 Å². The van der Waals surface area contributed by atoms with Crippen LogP contribution in [-0.2, 0) is 6.42 Å². The third-order valence-corrected chi connectivity index (χ3v) is 4.82. The largest absolute Gasteiger partial charge is 0.206 e. The van der Waals surface area contributed by atoms with Gasteiger partial charge in [-0.1, -0.05) is 60.1 Å². The van der Waals surface area contributed by atoms with E-state index in [4.69, 9.17) is 0 Å². The van der Waals surface area contributed by atoms with Crippen LogP contribution in [0.3, 0.4) is 0 Å². The monoisotopic (exact) mass is 398 g/mol. The zero-order valence-corrected chi connectivity index (χ0v) is 14.7. The number of alkyl halides is 1. The van der Waals surface area contributed by atoms with Crippen LogP contribution in [0, 0.1) is 11.7 Å². The zero-order chi connectivity index (χ0) is 14.7. The summed E-state index contributed by atoms with van der Waals surface area (Å²) in [5, 5.41) is 0. The molecule has 0 bridgehead atoms. The molecule has 0 nitrogen and oxygen atoms in total. The molecule has 0 saturated carbocycles. The van der Waals surface area contributed by atoms with Crippen LogP contribution in [0.4, 0.5) is 4.39 Å². The van der Waals surface area contributed by atoms with Gasteiger partial charge in [-0.15, -0.1) is 0 Å². The Hall–Kier alpha value is -0.670.